The summed E-state index contributed by atoms with van der Waals surface area (Å²) in [5, 5.41) is 9.06. The van der Waals surface area contributed by atoms with E-state index >= 15 is 0 Å². The molecule has 0 radical (unpaired) electrons. The molecule has 4 N–H and O–H groups in total. The highest BCUT2D eigenvalue weighted by Gasteiger charge is 2.14. The SMILES string of the molecule is Nc1c(N)c2c3ccccc3ccc2c2ccc3ccccc3c12. The monoisotopic (exact) mass is 308 g/mol. The van der Waals surface area contributed by atoms with Crippen molar-refractivity contribution in [3.8, 4) is 0 Å². The molecule has 0 heterocycles. The summed E-state index contributed by atoms with van der Waals surface area (Å²) in [6.45, 7) is 0. The van der Waals surface area contributed by atoms with Crippen molar-refractivity contribution in [1.29, 1.82) is 0 Å². The minimum atomic E-state index is 0.672. The van der Waals surface area contributed by atoms with Crippen LogP contribution in [-0.4, -0.2) is 0 Å². The molecule has 0 aliphatic carbocycles. The van der Waals surface area contributed by atoms with E-state index < -0.39 is 0 Å². The van der Waals surface area contributed by atoms with E-state index in [1.807, 2.05) is 24.3 Å². The fourth-order valence-corrected chi connectivity index (χ4v) is 3.84. The lowest BCUT2D eigenvalue weighted by atomic mass is 9.92. The second-order valence-corrected chi connectivity index (χ2v) is 6.25. The van der Waals surface area contributed by atoms with Gasteiger partial charge in [-0.2, -0.15) is 0 Å². The molecule has 5 aromatic rings. The molecule has 5 aromatic carbocycles. The fraction of sp³-hybridized carbons (Fsp3) is 0. The molecule has 0 unspecified atom stereocenters. The van der Waals surface area contributed by atoms with Crippen molar-refractivity contribution in [2.75, 3.05) is 11.5 Å². The molecule has 5 rings (SSSR count). The number of fused-ring (bicyclic) bond motifs is 7. The summed E-state index contributed by atoms with van der Waals surface area (Å²) in [6.07, 6.45) is 0. The zero-order valence-corrected chi connectivity index (χ0v) is 13.1. The molecule has 0 spiro atoms. The summed E-state index contributed by atoms with van der Waals surface area (Å²) in [7, 11) is 0. The molecule has 0 amide bonds. The summed E-state index contributed by atoms with van der Waals surface area (Å²) in [6, 6.07) is 25.2. The van der Waals surface area contributed by atoms with Crippen LogP contribution in [0, 0.1) is 0 Å². The Kier molecular flexibility index (Phi) is 2.54. The molecular formula is C22H16N2. The smallest absolute Gasteiger partial charge is 0.0640 e. The van der Waals surface area contributed by atoms with Crippen molar-refractivity contribution in [2.45, 2.75) is 0 Å². The number of benzene rings is 5. The minimum Gasteiger partial charge on any atom is -0.397 e. The number of hydrogen-bond acceptors (Lipinski definition) is 2. The third kappa shape index (κ3) is 1.60. The fourth-order valence-electron chi connectivity index (χ4n) is 3.84. The molecule has 0 saturated carbocycles. The lowest BCUT2D eigenvalue weighted by molar-refractivity contribution is 1.75. The molecule has 0 saturated heterocycles. The van der Waals surface area contributed by atoms with Crippen molar-refractivity contribution in [3.63, 3.8) is 0 Å². The van der Waals surface area contributed by atoms with Crippen molar-refractivity contribution in [2.24, 2.45) is 0 Å². The lowest BCUT2D eigenvalue weighted by Crippen LogP contribution is -1.98. The van der Waals surface area contributed by atoms with E-state index in [0.717, 1.165) is 32.3 Å². The highest BCUT2D eigenvalue weighted by molar-refractivity contribution is 6.30. The second kappa shape index (κ2) is 4.62. The van der Waals surface area contributed by atoms with Gasteiger partial charge in [-0.05, 0) is 32.3 Å². The molecule has 2 heteroatoms. The van der Waals surface area contributed by atoms with Crippen LogP contribution in [0.25, 0.3) is 43.1 Å². The Morgan fingerprint density at radius 3 is 1.29 bits per heavy atom. The van der Waals surface area contributed by atoms with E-state index in [1.54, 1.807) is 0 Å². The van der Waals surface area contributed by atoms with Crippen LogP contribution in [0.15, 0.2) is 72.8 Å². The first-order valence-electron chi connectivity index (χ1n) is 8.05. The average molecular weight is 308 g/mol. The van der Waals surface area contributed by atoms with Crippen LogP contribution in [0.1, 0.15) is 0 Å². The first-order chi connectivity index (χ1) is 11.8. The molecule has 0 atom stereocenters. The topological polar surface area (TPSA) is 52.0 Å². The van der Waals surface area contributed by atoms with E-state index in [9.17, 15) is 0 Å². The first-order valence-corrected chi connectivity index (χ1v) is 8.05. The average Bonchev–Trinajstić information content (AvgIpc) is 2.64. The Hall–Kier alpha value is -3.26. The van der Waals surface area contributed by atoms with Crippen molar-refractivity contribution in [3.05, 3.63) is 72.8 Å². The van der Waals surface area contributed by atoms with Crippen LogP contribution >= 0.6 is 0 Å². The summed E-state index contributed by atoms with van der Waals surface area (Å²) in [4.78, 5) is 0. The van der Waals surface area contributed by atoms with Gasteiger partial charge < -0.3 is 11.5 Å². The van der Waals surface area contributed by atoms with Gasteiger partial charge in [-0.1, -0.05) is 72.8 Å². The molecular weight excluding hydrogens is 292 g/mol. The first kappa shape index (κ1) is 13.2. The number of nitrogen functional groups attached to an aromatic ring is 2. The molecule has 0 aromatic heterocycles. The van der Waals surface area contributed by atoms with Crippen LogP contribution in [0.5, 0.6) is 0 Å². The second-order valence-electron chi connectivity index (χ2n) is 6.25. The van der Waals surface area contributed by atoms with Crippen LogP contribution in [0.4, 0.5) is 11.4 Å². The van der Waals surface area contributed by atoms with Crippen molar-refractivity contribution < 1.29 is 0 Å². The summed E-state index contributed by atoms with van der Waals surface area (Å²) in [5.41, 5.74) is 14.4. The minimum absolute atomic E-state index is 0.672. The van der Waals surface area contributed by atoms with E-state index in [-0.39, 0.29) is 0 Å². The highest BCUT2D eigenvalue weighted by Crippen LogP contribution is 2.42. The Morgan fingerprint density at radius 1 is 0.417 bits per heavy atom. The third-order valence-corrected chi connectivity index (χ3v) is 4.98. The van der Waals surface area contributed by atoms with Gasteiger partial charge in [-0.25, -0.2) is 0 Å². The highest BCUT2D eigenvalue weighted by atomic mass is 14.7. The summed E-state index contributed by atoms with van der Waals surface area (Å²) < 4.78 is 0. The van der Waals surface area contributed by atoms with Gasteiger partial charge >= 0.3 is 0 Å². The van der Waals surface area contributed by atoms with E-state index in [1.165, 1.54) is 10.8 Å². The zero-order valence-electron chi connectivity index (χ0n) is 13.1. The van der Waals surface area contributed by atoms with Gasteiger partial charge in [0.15, 0.2) is 0 Å². The van der Waals surface area contributed by atoms with E-state index in [2.05, 4.69) is 48.5 Å². The van der Waals surface area contributed by atoms with Crippen LogP contribution in [0.2, 0.25) is 0 Å². The molecule has 0 aliphatic heterocycles. The number of rotatable bonds is 0. The zero-order chi connectivity index (χ0) is 16.3. The Bertz CT molecular complexity index is 1170. The molecule has 0 fully saturated rings. The number of nitrogens with two attached hydrogens (primary N) is 2. The third-order valence-electron chi connectivity index (χ3n) is 4.98. The maximum absolute atomic E-state index is 6.52. The molecule has 2 nitrogen and oxygen atoms in total. The van der Waals surface area contributed by atoms with Gasteiger partial charge in [0, 0.05) is 10.8 Å². The van der Waals surface area contributed by atoms with Crippen LogP contribution in [-0.2, 0) is 0 Å². The Balaban J connectivity index is 2.14. The summed E-state index contributed by atoms with van der Waals surface area (Å²) >= 11 is 0. The Morgan fingerprint density at radius 2 is 0.833 bits per heavy atom. The maximum atomic E-state index is 6.52. The van der Waals surface area contributed by atoms with Gasteiger partial charge in [0.05, 0.1) is 11.4 Å². The van der Waals surface area contributed by atoms with Crippen LogP contribution in [0.3, 0.4) is 0 Å². The lowest BCUT2D eigenvalue weighted by Gasteiger charge is -2.15. The molecule has 0 aliphatic rings. The largest absolute Gasteiger partial charge is 0.397 e. The maximum Gasteiger partial charge on any atom is 0.0640 e. The predicted octanol–water partition coefficient (Wildman–Crippen LogP) is 5.46. The van der Waals surface area contributed by atoms with Gasteiger partial charge in [0.2, 0.25) is 0 Å². The van der Waals surface area contributed by atoms with E-state index in [0.29, 0.717) is 11.4 Å². The van der Waals surface area contributed by atoms with Gasteiger partial charge in [-0.15, -0.1) is 0 Å². The van der Waals surface area contributed by atoms with Gasteiger partial charge in [0.25, 0.3) is 0 Å². The number of hydrogen-bond donors (Lipinski definition) is 2. The normalized spacial score (nSPS) is 11.7. The van der Waals surface area contributed by atoms with Crippen molar-refractivity contribution >= 4 is 54.5 Å². The van der Waals surface area contributed by atoms with Gasteiger partial charge in [-0.3, -0.25) is 0 Å². The van der Waals surface area contributed by atoms with E-state index in [4.69, 9.17) is 11.5 Å². The number of anilines is 2. The molecule has 114 valence electrons. The molecule has 24 heavy (non-hydrogen) atoms. The standard InChI is InChI=1S/C22H16N2/c23-21-19-15-7-3-1-5-13(15)9-11-17(19)18-12-10-14-6-2-4-8-16(14)20(18)22(21)24/h1-12H,23-24H2. The molecule has 0 bridgehead atoms. The predicted molar refractivity (Wildman–Crippen MR) is 105 cm³/mol. The quantitative estimate of drug-likeness (QED) is 0.226. The van der Waals surface area contributed by atoms with Crippen molar-refractivity contribution in [1.82, 2.24) is 0 Å². The Labute approximate surface area is 139 Å². The van der Waals surface area contributed by atoms with Gasteiger partial charge in [0.1, 0.15) is 0 Å². The van der Waals surface area contributed by atoms with Crippen LogP contribution < -0.4 is 11.5 Å². The summed E-state index contributed by atoms with van der Waals surface area (Å²) in [5.74, 6) is 0.